The number of benzene rings is 2. The van der Waals surface area contributed by atoms with Crippen molar-refractivity contribution in [2.75, 3.05) is 11.9 Å². The van der Waals surface area contributed by atoms with Crippen molar-refractivity contribution >= 4 is 29.3 Å². The third kappa shape index (κ3) is 3.64. The second-order valence-corrected chi connectivity index (χ2v) is 5.91. The van der Waals surface area contributed by atoms with E-state index >= 15 is 0 Å². The van der Waals surface area contributed by atoms with Crippen molar-refractivity contribution in [2.45, 2.75) is 13.3 Å². The summed E-state index contributed by atoms with van der Waals surface area (Å²) in [5.74, 6) is 0.0845. The molecule has 0 radical (unpaired) electrons. The van der Waals surface area contributed by atoms with Crippen LogP contribution in [0.4, 0.5) is 16.2 Å². The van der Waals surface area contributed by atoms with E-state index in [-0.39, 0.29) is 5.76 Å². The van der Waals surface area contributed by atoms with Crippen molar-refractivity contribution in [3.8, 4) is 0 Å². The molecule has 1 heterocycles. The largest absolute Gasteiger partial charge is 0.501 e. The zero-order chi connectivity index (χ0) is 18.5. The number of carbonyl (C=O) groups excluding carboxylic acids is 1. The predicted molar refractivity (Wildman–Crippen MR) is 103 cm³/mol. The number of aliphatic hydroxyl groups is 1. The number of amides is 2. The van der Waals surface area contributed by atoms with Gasteiger partial charge in [-0.15, -0.1) is 0 Å². The Hall–Kier alpha value is -3.41. The zero-order valence-electron chi connectivity index (χ0n) is 14.8. The lowest BCUT2D eigenvalue weighted by Crippen LogP contribution is -2.35. The van der Waals surface area contributed by atoms with Gasteiger partial charge in [0.05, 0.1) is 17.8 Å². The summed E-state index contributed by atoms with van der Waals surface area (Å²) in [6, 6.07) is 18.3. The highest BCUT2D eigenvalue weighted by atomic mass is 16.3. The Balaban J connectivity index is 1.87. The average molecular weight is 349 g/mol. The normalized spacial score (nSPS) is 15.6. The van der Waals surface area contributed by atoms with Crippen molar-refractivity contribution in [2.24, 2.45) is 5.10 Å². The standard InChI is InChI=1S/C20H20N4O2/c1-15-19(25)18(13-14-23(15)2)21-22-20(26)24(16-9-5-3-6-10-16)17-11-7-4-8-12-17/h3-12,14H,13H2,1-2H3,(H-,22,25,26)/p+1. The van der Waals surface area contributed by atoms with Crippen LogP contribution in [0.2, 0.25) is 0 Å². The molecule has 26 heavy (non-hydrogen) atoms. The van der Waals surface area contributed by atoms with E-state index in [4.69, 9.17) is 0 Å². The van der Waals surface area contributed by atoms with Gasteiger partial charge in [0, 0.05) is 6.92 Å². The van der Waals surface area contributed by atoms with Crippen LogP contribution in [0.5, 0.6) is 0 Å². The van der Waals surface area contributed by atoms with Gasteiger partial charge in [-0.05, 0) is 24.3 Å². The van der Waals surface area contributed by atoms with Crippen LogP contribution in [0.25, 0.3) is 0 Å². The first kappa shape index (κ1) is 17.4. The highest BCUT2D eigenvalue weighted by Crippen LogP contribution is 2.24. The topological polar surface area (TPSA) is 67.9 Å². The summed E-state index contributed by atoms with van der Waals surface area (Å²) in [6.07, 6.45) is 2.34. The highest BCUT2D eigenvalue weighted by Gasteiger charge is 2.23. The summed E-state index contributed by atoms with van der Waals surface area (Å²) in [5.41, 5.74) is 5.12. The van der Waals surface area contributed by atoms with Gasteiger partial charge in [-0.1, -0.05) is 36.4 Å². The van der Waals surface area contributed by atoms with Crippen LogP contribution in [0.15, 0.2) is 77.2 Å². The van der Waals surface area contributed by atoms with Gasteiger partial charge in [-0.3, -0.25) is 4.90 Å². The van der Waals surface area contributed by atoms with Crippen molar-refractivity contribution in [1.82, 2.24) is 5.43 Å². The van der Waals surface area contributed by atoms with Crippen LogP contribution < -0.4 is 10.3 Å². The molecule has 2 aromatic carbocycles. The molecule has 2 N–H and O–H groups in total. The maximum atomic E-state index is 12.8. The molecule has 0 spiro atoms. The Morgan fingerprint density at radius 1 is 1.08 bits per heavy atom. The van der Waals surface area contributed by atoms with E-state index in [1.165, 1.54) is 4.90 Å². The van der Waals surface area contributed by atoms with Gasteiger partial charge in [0.15, 0.2) is 6.21 Å². The minimum absolute atomic E-state index is 0.0845. The number of hydrogen-bond acceptors (Lipinski definition) is 3. The summed E-state index contributed by atoms with van der Waals surface area (Å²) in [7, 11) is 1.85. The zero-order valence-corrected chi connectivity index (χ0v) is 14.8. The second kappa shape index (κ2) is 7.65. The molecule has 2 aromatic rings. The van der Waals surface area contributed by atoms with Crippen molar-refractivity contribution in [1.29, 1.82) is 0 Å². The summed E-state index contributed by atoms with van der Waals surface area (Å²) < 4.78 is 1.83. The Bertz CT molecular complexity index is 847. The molecular formula is C20H21N4O2+. The Morgan fingerprint density at radius 3 is 2.15 bits per heavy atom. The fraction of sp³-hybridized carbons (Fsp3) is 0.150. The number of rotatable bonds is 3. The minimum atomic E-state index is -0.403. The number of anilines is 2. The molecule has 6 nitrogen and oxygen atoms in total. The van der Waals surface area contributed by atoms with E-state index in [2.05, 4.69) is 10.5 Å². The molecule has 0 unspecified atom stereocenters. The quantitative estimate of drug-likeness (QED) is 0.654. The molecule has 0 atom stereocenters. The number of carbonyl (C=O) groups is 1. The summed E-state index contributed by atoms with van der Waals surface area (Å²) in [4.78, 5) is 14.4. The van der Waals surface area contributed by atoms with Crippen LogP contribution in [-0.2, 0) is 0 Å². The molecule has 0 aliphatic carbocycles. The summed E-state index contributed by atoms with van der Waals surface area (Å²) in [5, 5.41) is 14.3. The molecule has 6 heteroatoms. The van der Waals surface area contributed by atoms with Crippen LogP contribution in [-0.4, -0.2) is 34.7 Å². The van der Waals surface area contributed by atoms with E-state index in [1.54, 1.807) is 6.92 Å². The van der Waals surface area contributed by atoms with E-state index in [1.807, 2.05) is 78.5 Å². The predicted octanol–water partition coefficient (Wildman–Crippen LogP) is 3.80. The van der Waals surface area contributed by atoms with Gasteiger partial charge in [0.25, 0.3) is 0 Å². The second-order valence-electron chi connectivity index (χ2n) is 5.91. The maximum Gasteiger partial charge on any atom is 0.346 e. The van der Waals surface area contributed by atoms with Gasteiger partial charge < -0.3 is 5.11 Å². The summed E-state index contributed by atoms with van der Waals surface area (Å²) >= 11 is 0. The van der Waals surface area contributed by atoms with E-state index in [0.29, 0.717) is 17.8 Å². The van der Waals surface area contributed by atoms with Crippen molar-refractivity contribution in [3.63, 3.8) is 0 Å². The number of nitrogens with one attached hydrogen (secondary N) is 1. The molecule has 0 bridgehead atoms. The average Bonchev–Trinajstić information content (AvgIpc) is 2.67. The molecule has 2 amide bonds. The van der Waals surface area contributed by atoms with E-state index in [0.717, 1.165) is 11.4 Å². The molecule has 0 fully saturated rings. The minimum Gasteiger partial charge on any atom is -0.501 e. The first-order valence-electron chi connectivity index (χ1n) is 8.31. The fourth-order valence-electron chi connectivity index (χ4n) is 2.63. The molecule has 0 aromatic heterocycles. The van der Waals surface area contributed by atoms with E-state index in [9.17, 15) is 9.90 Å². The van der Waals surface area contributed by atoms with Gasteiger partial charge in [0.1, 0.15) is 12.8 Å². The van der Waals surface area contributed by atoms with Gasteiger partial charge in [-0.25, -0.2) is 14.8 Å². The first-order valence-corrected chi connectivity index (χ1v) is 8.31. The monoisotopic (exact) mass is 349 g/mol. The SMILES string of the molecule is CC1=C(O)C(=NNC(=O)N(c2ccccc2)c2ccccc2)CC=[N+]1C. The smallest absolute Gasteiger partial charge is 0.346 e. The third-order valence-electron chi connectivity index (χ3n) is 4.22. The number of aliphatic hydroxyl groups excluding tert-OH is 1. The van der Waals surface area contributed by atoms with Crippen LogP contribution in [0.1, 0.15) is 13.3 Å². The van der Waals surface area contributed by atoms with Crippen LogP contribution in [0.3, 0.4) is 0 Å². The maximum absolute atomic E-state index is 12.8. The molecule has 1 aliphatic heterocycles. The van der Waals surface area contributed by atoms with Crippen LogP contribution >= 0.6 is 0 Å². The molecule has 132 valence electrons. The van der Waals surface area contributed by atoms with Gasteiger partial charge >= 0.3 is 6.03 Å². The number of nitrogens with zero attached hydrogens (tertiary/aromatic N) is 3. The van der Waals surface area contributed by atoms with Gasteiger partial charge in [0.2, 0.25) is 11.5 Å². The lowest BCUT2D eigenvalue weighted by atomic mass is 10.1. The number of allylic oxidation sites excluding steroid dienone is 2. The number of urea groups is 1. The highest BCUT2D eigenvalue weighted by molar-refractivity contribution is 6.07. The van der Waals surface area contributed by atoms with Crippen molar-refractivity contribution in [3.05, 3.63) is 72.1 Å². The van der Waals surface area contributed by atoms with Crippen molar-refractivity contribution < 1.29 is 14.5 Å². The first-order chi connectivity index (χ1) is 12.6. The molecule has 0 saturated heterocycles. The third-order valence-corrected chi connectivity index (χ3v) is 4.22. The fourth-order valence-corrected chi connectivity index (χ4v) is 2.63. The summed E-state index contributed by atoms with van der Waals surface area (Å²) in [6.45, 7) is 1.79. The molecular weight excluding hydrogens is 328 g/mol. The van der Waals surface area contributed by atoms with E-state index < -0.39 is 6.03 Å². The lowest BCUT2D eigenvalue weighted by Gasteiger charge is -2.22. The van der Waals surface area contributed by atoms with Crippen LogP contribution in [0, 0.1) is 0 Å². The Kier molecular flexibility index (Phi) is 5.12. The molecule has 3 rings (SSSR count). The Morgan fingerprint density at radius 2 is 1.62 bits per heavy atom. The molecule has 0 saturated carbocycles. The van der Waals surface area contributed by atoms with Gasteiger partial charge in [-0.2, -0.15) is 5.10 Å². The Labute approximate surface area is 152 Å². The molecule has 1 aliphatic rings. The number of hydrogen-bond donors (Lipinski definition) is 2. The number of para-hydroxylation sites is 2. The lowest BCUT2D eigenvalue weighted by molar-refractivity contribution is -0.442. The number of hydrazone groups is 1.